The first-order chi connectivity index (χ1) is 8.74. The number of pyridine rings is 1. The van der Waals surface area contributed by atoms with Crippen LogP contribution in [0.5, 0.6) is 5.75 Å². The van der Waals surface area contributed by atoms with E-state index in [1.165, 1.54) is 0 Å². The van der Waals surface area contributed by atoms with Crippen molar-refractivity contribution in [3.05, 3.63) is 51.7 Å². The van der Waals surface area contributed by atoms with Crippen molar-refractivity contribution in [2.24, 2.45) is 0 Å². The van der Waals surface area contributed by atoms with Crippen molar-refractivity contribution < 1.29 is 4.74 Å². The fourth-order valence-electron chi connectivity index (χ4n) is 1.43. The number of ether oxygens (including phenoxy) is 1. The highest BCUT2D eigenvalue weighted by Crippen LogP contribution is 2.16. The molecule has 0 saturated carbocycles. The molecule has 0 radical (unpaired) electrons. The van der Waals surface area contributed by atoms with Crippen LogP contribution >= 0.6 is 31.9 Å². The van der Waals surface area contributed by atoms with Gasteiger partial charge in [0.2, 0.25) is 0 Å². The molecule has 0 bridgehead atoms. The standard InChI is InChI=1S/C13H12Br2N2O/c14-10-2-1-3-12(6-10)17-4-5-18-13-7-11(15)8-16-9-13/h1-3,6-9,17H,4-5H2. The number of hydrogen-bond donors (Lipinski definition) is 1. The summed E-state index contributed by atoms with van der Waals surface area (Å²) in [4.78, 5) is 4.03. The maximum absolute atomic E-state index is 5.57. The van der Waals surface area contributed by atoms with E-state index in [1.54, 1.807) is 12.4 Å². The number of nitrogens with one attached hydrogen (secondary N) is 1. The highest BCUT2D eigenvalue weighted by Gasteiger charge is 1.96. The Labute approximate surface area is 123 Å². The summed E-state index contributed by atoms with van der Waals surface area (Å²) in [5.74, 6) is 0.764. The Morgan fingerprint density at radius 1 is 1.11 bits per heavy atom. The molecule has 0 unspecified atom stereocenters. The second kappa shape index (κ2) is 6.75. The van der Waals surface area contributed by atoms with Gasteiger partial charge in [0.25, 0.3) is 0 Å². The van der Waals surface area contributed by atoms with Gasteiger partial charge in [0, 0.05) is 27.4 Å². The third-order valence-corrected chi connectivity index (χ3v) is 3.13. The summed E-state index contributed by atoms with van der Waals surface area (Å²) < 4.78 is 7.55. The van der Waals surface area contributed by atoms with Crippen molar-refractivity contribution in [2.45, 2.75) is 0 Å². The van der Waals surface area contributed by atoms with Crippen molar-refractivity contribution in [3.63, 3.8) is 0 Å². The molecule has 1 aromatic heterocycles. The van der Waals surface area contributed by atoms with E-state index in [2.05, 4.69) is 42.2 Å². The average Bonchev–Trinajstić information content (AvgIpc) is 2.35. The number of halogens is 2. The zero-order valence-corrected chi connectivity index (χ0v) is 12.7. The lowest BCUT2D eigenvalue weighted by atomic mass is 10.3. The van der Waals surface area contributed by atoms with Crippen molar-refractivity contribution in [1.29, 1.82) is 0 Å². The molecule has 0 amide bonds. The van der Waals surface area contributed by atoms with E-state index in [0.717, 1.165) is 26.9 Å². The van der Waals surface area contributed by atoms with Crippen LogP contribution in [0.2, 0.25) is 0 Å². The minimum atomic E-state index is 0.588. The molecule has 0 aliphatic heterocycles. The molecular weight excluding hydrogens is 360 g/mol. The molecule has 0 saturated heterocycles. The van der Waals surface area contributed by atoms with Crippen LogP contribution in [0.3, 0.4) is 0 Å². The van der Waals surface area contributed by atoms with Crippen molar-refractivity contribution >= 4 is 37.5 Å². The Balaban J connectivity index is 1.76. The topological polar surface area (TPSA) is 34.1 Å². The molecule has 0 aliphatic carbocycles. The van der Waals surface area contributed by atoms with E-state index < -0.39 is 0 Å². The summed E-state index contributed by atoms with van der Waals surface area (Å²) >= 11 is 6.78. The first kappa shape index (κ1) is 13.4. The van der Waals surface area contributed by atoms with E-state index >= 15 is 0 Å². The SMILES string of the molecule is Brc1cccc(NCCOc2cncc(Br)c2)c1. The van der Waals surface area contributed by atoms with Gasteiger partial charge in [0.05, 0.1) is 6.20 Å². The third-order valence-electron chi connectivity index (χ3n) is 2.20. The molecule has 18 heavy (non-hydrogen) atoms. The highest BCUT2D eigenvalue weighted by molar-refractivity contribution is 9.10. The first-order valence-corrected chi connectivity index (χ1v) is 7.05. The molecule has 2 rings (SSSR count). The molecule has 0 spiro atoms. The van der Waals surface area contributed by atoms with Gasteiger partial charge in [-0.25, -0.2) is 0 Å². The van der Waals surface area contributed by atoms with Crippen molar-refractivity contribution in [1.82, 2.24) is 4.98 Å². The predicted molar refractivity (Wildman–Crippen MR) is 80.1 cm³/mol. The van der Waals surface area contributed by atoms with Gasteiger partial charge in [-0.1, -0.05) is 22.0 Å². The summed E-state index contributed by atoms with van der Waals surface area (Å²) in [6.07, 6.45) is 3.43. The van der Waals surface area contributed by atoms with E-state index in [4.69, 9.17) is 4.74 Å². The number of anilines is 1. The van der Waals surface area contributed by atoms with Crippen LogP contribution in [0.4, 0.5) is 5.69 Å². The Morgan fingerprint density at radius 3 is 2.78 bits per heavy atom. The van der Waals surface area contributed by atoms with E-state index in [9.17, 15) is 0 Å². The molecule has 2 aromatic rings. The van der Waals surface area contributed by atoms with Crippen LogP contribution in [-0.4, -0.2) is 18.1 Å². The van der Waals surface area contributed by atoms with Crippen LogP contribution in [-0.2, 0) is 0 Å². The minimum absolute atomic E-state index is 0.588. The molecule has 0 aliphatic rings. The van der Waals surface area contributed by atoms with Gasteiger partial charge in [-0.2, -0.15) is 0 Å². The largest absolute Gasteiger partial charge is 0.490 e. The zero-order valence-electron chi connectivity index (χ0n) is 9.57. The molecule has 1 aromatic carbocycles. The zero-order chi connectivity index (χ0) is 12.8. The van der Waals surface area contributed by atoms with Crippen molar-refractivity contribution in [2.75, 3.05) is 18.5 Å². The number of nitrogens with zero attached hydrogens (tertiary/aromatic N) is 1. The van der Waals surface area contributed by atoms with Crippen molar-refractivity contribution in [3.8, 4) is 5.75 Å². The number of aromatic nitrogens is 1. The van der Waals surface area contributed by atoms with E-state index in [-0.39, 0.29) is 0 Å². The molecule has 1 N–H and O–H groups in total. The summed E-state index contributed by atoms with van der Waals surface area (Å²) in [5.41, 5.74) is 1.07. The van der Waals surface area contributed by atoms with Gasteiger partial charge in [0.15, 0.2) is 0 Å². The fraction of sp³-hybridized carbons (Fsp3) is 0.154. The quantitative estimate of drug-likeness (QED) is 0.803. The Hall–Kier alpha value is -1.07. The van der Waals surface area contributed by atoms with E-state index in [1.807, 2.05) is 30.3 Å². The van der Waals surface area contributed by atoms with Crippen LogP contribution in [0.25, 0.3) is 0 Å². The van der Waals surface area contributed by atoms with Gasteiger partial charge in [-0.15, -0.1) is 0 Å². The van der Waals surface area contributed by atoms with Crippen LogP contribution in [0.15, 0.2) is 51.7 Å². The molecular formula is C13H12Br2N2O. The summed E-state index contributed by atoms with van der Waals surface area (Å²) in [7, 11) is 0. The second-order valence-electron chi connectivity index (χ2n) is 3.62. The van der Waals surface area contributed by atoms with Crippen LogP contribution in [0.1, 0.15) is 0 Å². The number of benzene rings is 1. The molecule has 3 nitrogen and oxygen atoms in total. The van der Waals surface area contributed by atoms with Gasteiger partial charge in [-0.05, 0) is 40.2 Å². The summed E-state index contributed by atoms with van der Waals surface area (Å²) in [6, 6.07) is 9.93. The molecule has 0 atom stereocenters. The first-order valence-electron chi connectivity index (χ1n) is 5.47. The molecule has 1 heterocycles. The number of hydrogen-bond acceptors (Lipinski definition) is 3. The lowest BCUT2D eigenvalue weighted by Crippen LogP contribution is -2.11. The van der Waals surface area contributed by atoms with Crippen LogP contribution in [0, 0.1) is 0 Å². The van der Waals surface area contributed by atoms with Gasteiger partial charge < -0.3 is 10.1 Å². The monoisotopic (exact) mass is 370 g/mol. The van der Waals surface area contributed by atoms with E-state index in [0.29, 0.717) is 6.61 Å². The normalized spacial score (nSPS) is 10.1. The minimum Gasteiger partial charge on any atom is -0.490 e. The summed E-state index contributed by atoms with van der Waals surface area (Å²) in [6.45, 7) is 1.33. The van der Waals surface area contributed by atoms with Gasteiger partial charge in [0.1, 0.15) is 12.4 Å². The van der Waals surface area contributed by atoms with Crippen LogP contribution < -0.4 is 10.1 Å². The molecule has 0 fully saturated rings. The lowest BCUT2D eigenvalue weighted by Gasteiger charge is -2.08. The Morgan fingerprint density at radius 2 is 2.00 bits per heavy atom. The molecule has 94 valence electrons. The number of rotatable bonds is 5. The fourth-order valence-corrected chi connectivity index (χ4v) is 2.18. The highest BCUT2D eigenvalue weighted by atomic mass is 79.9. The third kappa shape index (κ3) is 4.31. The van der Waals surface area contributed by atoms with Gasteiger partial charge in [-0.3, -0.25) is 4.98 Å². The lowest BCUT2D eigenvalue weighted by molar-refractivity contribution is 0.331. The smallest absolute Gasteiger partial charge is 0.138 e. The predicted octanol–water partition coefficient (Wildman–Crippen LogP) is 4.10. The summed E-state index contributed by atoms with van der Waals surface area (Å²) in [5, 5.41) is 3.28. The average molecular weight is 372 g/mol. The Bertz CT molecular complexity index is 472. The molecule has 5 heteroatoms. The second-order valence-corrected chi connectivity index (χ2v) is 5.46. The maximum Gasteiger partial charge on any atom is 0.138 e. The van der Waals surface area contributed by atoms with Gasteiger partial charge >= 0.3 is 0 Å². The Kier molecular flexibility index (Phi) is 5.01. The maximum atomic E-state index is 5.57.